The topological polar surface area (TPSA) is 71.5 Å². The van der Waals surface area contributed by atoms with E-state index < -0.39 is 12.1 Å². The lowest BCUT2D eigenvalue weighted by Crippen LogP contribution is -2.28. The van der Waals surface area contributed by atoms with Gasteiger partial charge in [-0.3, -0.25) is 0 Å². The van der Waals surface area contributed by atoms with E-state index in [0.717, 1.165) is 27.8 Å². The van der Waals surface area contributed by atoms with Gasteiger partial charge in [-0.05, 0) is 30.2 Å². The Bertz CT molecular complexity index is 872. The van der Waals surface area contributed by atoms with Crippen LogP contribution in [-0.4, -0.2) is 28.8 Å². The lowest BCUT2D eigenvalue weighted by atomic mass is 9.95. The van der Waals surface area contributed by atoms with Crippen molar-refractivity contribution in [2.45, 2.75) is 32.5 Å². The molecule has 0 fully saturated rings. The summed E-state index contributed by atoms with van der Waals surface area (Å²) < 4.78 is 10.8. The molecular weight excluding hydrogens is 330 g/mol. The van der Waals surface area contributed by atoms with E-state index in [4.69, 9.17) is 9.47 Å². The number of ether oxygens (including phenoxy) is 2. The molecule has 1 heterocycles. The lowest BCUT2D eigenvalue weighted by molar-refractivity contribution is -0.154. The maximum Gasteiger partial charge on any atom is 0.335 e. The van der Waals surface area contributed by atoms with Crippen LogP contribution >= 0.6 is 0 Å². The SMILES string of the molecule is CCOC(=O)[C@@H](O)[C@H](C)c1c[nH]c2cc(OCc3ccccc3)ccc12. The first-order valence-corrected chi connectivity index (χ1v) is 8.72. The van der Waals surface area contributed by atoms with Crippen molar-refractivity contribution in [3.8, 4) is 5.75 Å². The van der Waals surface area contributed by atoms with Crippen LogP contribution in [-0.2, 0) is 16.1 Å². The molecule has 0 saturated carbocycles. The molecule has 0 amide bonds. The summed E-state index contributed by atoms with van der Waals surface area (Å²) in [5.74, 6) is -0.218. The van der Waals surface area contributed by atoms with Gasteiger partial charge < -0.3 is 19.6 Å². The Morgan fingerprint density at radius 1 is 1.19 bits per heavy atom. The molecule has 2 atom stereocenters. The predicted octanol–water partition coefficient (Wildman–Crippen LogP) is 3.77. The number of hydrogen-bond acceptors (Lipinski definition) is 4. The van der Waals surface area contributed by atoms with Crippen molar-refractivity contribution in [1.82, 2.24) is 4.98 Å². The van der Waals surface area contributed by atoms with Crippen molar-refractivity contribution in [2.75, 3.05) is 6.61 Å². The van der Waals surface area contributed by atoms with Crippen LogP contribution in [0.3, 0.4) is 0 Å². The summed E-state index contributed by atoms with van der Waals surface area (Å²) in [6.07, 6.45) is 0.627. The summed E-state index contributed by atoms with van der Waals surface area (Å²) in [7, 11) is 0. The first kappa shape index (κ1) is 18.0. The molecule has 0 unspecified atom stereocenters. The van der Waals surface area contributed by atoms with Crippen LogP contribution in [0.25, 0.3) is 10.9 Å². The fourth-order valence-electron chi connectivity index (χ4n) is 2.94. The molecule has 0 aliphatic carbocycles. The Morgan fingerprint density at radius 2 is 1.96 bits per heavy atom. The average Bonchev–Trinajstić information content (AvgIpc) is 3.09. The first-order valence-electron chi connectivity index (χ1n) is 8.72. The molecule has 2 N–H and O–H groups in total. The van der Waals surface area contributed by atoms with Crippen molar-refractivity contribution >= 4 is 16.9 Å². The van der Waals surface area contributed by atoms with Gasteiger partial charge in [-0.2, -0.15) is 0 Å². The Balaban J connectivity index is 1.75. The zero-order valence-corrected chi connectivity index (χ0v) is 14.9. The second-order valence-corrected chi connectivity index (χ2v) is 6.21. The third-order valence-corrected chi connectivity index (χ3v) is 4.43. The molecule has 5 heteroatoms. The van der Waals surface area contributed by atoms with E-state index in [0.29, 0.717) is 6.61 Å². The molecule has 0 radical (unpaired) electrons. The summed E-state index contributed by atoms with van der Waals surface area (Å²) in [5, 5.41) is 11.2. The highest BCUT2D eigenvalue weighted by atomic mass is 16.5. The largest absolute Gasteiger partial charge is 0.489 e. The third kappa shape index (κ3) is 3.89. The maximum absolute atomic E-state index is 11.8. The predicted molar refractivity (Wildman–Crippen MR) is 100 cm³/mol. The number of fused-ring (bicyclic) bond motifs is 1. The van der Waals surface area contributed by atoms with Crippen molar-refractivity contribution in [2.24, 2.45) is 0 Å². The van der Waals surface area contributed by atoms with Crippen LogP contribution in [0, 0.1) is 0 Å². The van der Waals surface area contributed by atoms with Crippen molar-refractivity contribution in [3.05, 3.63) is 65.9 Å². The molecular formula is C21H23NO4. The molecule has 0 saturated heterocycles. The highest BCUT2D eigenvalue weighted by molar-refractivity contribution is 5.86. The van der Waals surface area contributed by atoms with E-state index >= 15 is 0 Å². The number of esters is 1. The lowest BCUT2D eigenvalue weighted by Gasteiger charge is -2.17. The van der Waals surface area contributed by atoms with Crippen molar-refractivity contribution < 1.29 is 19.4 Å². The third-order valence-electron chi connectivity index (χ3n) is 4.43. The van der Waals surface area contributed by atoms with Gasteiger partial charge in [0, 0.05) is 29.1 Å². The highest BCUT2D eigenvalue weighted by Gasteiger charge is 2.26. The van der Waals surface area contributed by atoms with Crippen LogP contribution in [0.5, 0.6) is 5.75 Å². The van der Waals surface area contributed by atoms with Crippen molar-refractivity contribution in [3.63, 3.8) is 0 Å². The molecule has 3 rings (SSSR count). The average molecular weight is 353 g/mol. The number of aliphatic hydroxyl groups is 1. The maximum atomic E-state index is 11.8. The van der Waals surface area contributed by atoms with Gasteiger partial charge in [-0.15, -0.1) is 0 Å². The number of rotatable bonds is 7. The molecule has 2 aromatic carbocycles. The first-order chi connectivity index (χ1) is 12.6. The van der Waals surface area contributed by atoms with Crippen LogP contribution in [0.1, 0.15) is 30.9 Å². The fourth-order valence-corrected chi connectivity index (χ4v) is 2.94. The number of aromatic amines is 1. The van der Waals surface area contributed by atoms with Gasteiger partial charge in [-0.25, -0.2) is 4.79 Å². The normalized spacial score (nSPS) is 13.3. The van der Waals surface area contributed by atoms with E-state index in [1.54, 1.807) is 6.92 Å². The molecule has 0 bridgehead atoms. The smallest absolute Gasteiger partial charge is 0.335 e. The van der Waals surface area contributed by atoms with Gasteiger partial charge in [0.15, 0.2) is 6.10 Å². The molecule has 5 nitrogen and oxygen atoms in total. The number of nitrogens with one attached hydrogen (secondary N) is 1. The van der Waals surface area contributed by atoms with Gasteiger partial charge in [0.05, 0.1) is 6.61 Å². The molecule has 1 aromatic heterocycles. The number of aliphatic hydroxyl groups excluding tert-OH is 1. The molecule has 26 heavy (non-hydrogen) atoms. The molecule has 0 spiro atoms. The fraction of sp³-hybridized carbons (Fsp3) is 0.286. The molecule has 0 aliphatic rings. The number of H-pyrrole nitrogens is 1. The minimum Gasteiger partial charge on any atom is -0.489 e. The van der Waals surface area contributed by atoms with Crippen LogP contribution < -0.4 is 4.74 Å². The monoisotopic (exact) mass is 353 g/mol. The zero-order valence-electron chi connectivity index (χ0n) is 14.9. The van der Waals surface area contributed by atoms with Crippen LogP contribution in [0.2, 0.25) is 0 Å². The summed E-state index contributed by atoms with van der Waals surface area (Å²) in [4.78, 5) is 15.0. The standard InChI is InChI=1S/C21H23NO4/c1-3-25-21(24)20(23)14(2)18-12-22-19-11-16(9-10-17(18)19)26-13-15-7-5-4-6-8-15/h4-12,14,20,22-23H,3,13H2,1-2H3/t14-,20+/m1/s1. The van der Waals surface area contributed by atoms with E-state index in [1.807, 2.05) is 61.7 Å². The number of carbonyl (C=O) groups is 1. The van der Waals surface area contributed by atoms with E-state index in [1.165, 1.54) is 0 Å². The summed E-state index contributed by atoms with van der Waals surface area (Å²) in [6, 6.07) is 15.7. The quantitative estimate of drug-likeness (QED) is 0.634. The number of benzene rings is 2. The van der Waals surface area contributed by atoms with Gasteiger partial charge in [0.25, 0.3) is 0 Å². The number of carbonyl (C=O) groups excluding carboxylic acids is 1. The Morgan fingerprint density at radius 3 is 2.69 bits per heavy atom. The highest BCUT2D eigenvalue weighted by Crippen LogP contribution is 2.30. The number of hydrogen-bond donors (Lipinski definition) is 2. The van der Waals surface area contributed by atoms with Crippen molar-refractivity contribution in [1.29, 1.82) is 0 Å². The summed E-state index contributed by atoms with van der Waals surface area (Å²) in [5.41, 5.74) is 2.87. The minimum atomic E-state index is -1.19. The zero-order chi connectivity index (χ0) is 18.5. The van der Waals surface area contributed by atoms with E-state index in [-0.39, 0.29) is 12.5 Å². The van der Waals surface area contributed by atoms with Gasteiger partial charge in [0.1, 0.15) is 12.4 Å². The van der Waals surface area contributed by atoms with Gasteiger partial charge in [0.2, 0.25) is 0 Å². The molecule has 0 aliphatic heterocycles. The summed E-state index contributed by atoms with van der Waals surface area (Å²) in [6.45, 7) is 4.28. The summed E-state index contributed by atoms with van der Waals surface area (Å²) >= 11 is 0. The van der Waals surface area contributed by atoms with Gasteiger partial charge in [-0.1, -0.05) is 37.3 Å². The van der Waals surface area contributed by atoms with E-state index in [2.05, 4.69) is 4.98 Å². The Kier molecular flexibility index (Phi) is 5.58. The minimum absolute atomic E-state index is 0.249. The Labute approximate surface area is 152 Å². The van der Waals surface area contributed by atoms with E-state index in [9.17, 15) is 9.90 Å². The second kappa shape index (κ2) is 8.06. The van der Waals surface area contributed by atoms with Crippen LogP contribution in [0.4, 0.5) is 0 Å². The molecule has 136 valence electrons. The molecule has 3 aromatic rings. The van der Waals surface area contributed by atoms with Crippen LogP contribution in [0.15, 0.2) is 54.7 Å². The van der Waals surface area contributed by atoms with Gasteiger partial charge >= 0.3 is 5.97 Å². The number of aromatic nitrogens is 1. The second-order valence-electron chi connectivity index (χ2n) is 6.21. The Hall–Kier alpha value is -2.79.